The number of aliphatic imine (C=N–C) groups is 2. The summed E-state index contributed by atoms with van der Waals surface area (Å²) in [6.07, 6.45) is 8.47. The summed E-state index contributed by atoms with van der Waals surface area (Å²) in [5.41, 5.74) is 6.96. The molecule has 0 aliphatic carbocycles. The Hall–Kier alpha value is -7.76. The monoisotopic (exact) mass is 1050 g/mol. The number of methoxy groups -OCH3 is 1. The third-order valence-electron chi connectivity index (χ3n) is 13.2. The first kappa shape index (κ1) is 55.5. The first-order valence-electron chi connectivity index (χ1n) is 25.7. The number of hydrogen-bond donors (Lipinski definition) is 1. The van der Waals surface area contributed by atoms with Crippen molar-refractivity contribution in [3.63, 3.8) is 0 Å². The largest absolute Gasteiger partial charge is 0.493 e. The van der Waals surface area contributed by atoms with E-state index in [-0.39, 0.29) is 81.3 Å². The van der Waals surface area contributed by atoms with Crippen molar-refractivity contribution >= 4 is 59.1 Å². The highest BCUT2D eigenvalue weighted by Crippen LogP contribution is 2.39. The maximum Gasteiger partial charge on any atom is 0.257 e. The number of ether oxygens (including phenoxy) is 7. The van der Waals surface area contributed by atoms with E-state index in [0.717, 1.165) is 32.7 Å². The zero-order valence-electron chi connectivity index (χ0n) is 43.6. The lowest BCUT2D eigenvalue weighted by atomic mass is 10.1. The number of Topliss-reactive ketones (excluding diaryl/α,β-unsaturated/α-hetero) is 1. The van der Waals surface area contributed by atoms with Gasteiger partial charge in [-0.3, -0.25) is 43.7 Å². The van der Waals surface area contributed by atoms with Gasteiger partial charge in [0.05, 0.1) is 94.5 Å². The topological polar surface area (TPSA) is 214 Å². The molecule has 5 aliphatic rings. The van der Waals surface area contributed by atoms with Gasteiger partial charge in [-0.2, -0.15) is 0 Å². The van der Waals surface area contributed by atoms with Gasteiger partial charge in [0, 0.05) is 87.8 Å². The Kier molecular flexibility index (Phi) is 19.3. The summed E-state index contributed by atoms with van der Waals surface area (Å²) in [7, 11) is 1.52. The molecule has 3 aromatic rings. The molecule has 77 heavy (non-hydrogen) atoms. The van der Waals surface area contributed by atoms with Crippen molar-refractivity contribution in [3.05, 3.63) is 112 Å². The highest BCUT2D eigenvalue weighted by atomic mass is 16.6. The van der Waals surface area contributed by atoms with Crippen LogP contribution in [0.2, 0.25) is 0 Å². The summed E-state index contributed by atoms with van der Waals surface area (Å²) in [6.45, 7) is 14.2. The molecule has 2 saturated heterocycles. The lowest BCUT2D eigenvalue weighted by Gasteiger charge is -2.20. The Morgan fingerprint density at radius 2 is 1.21 bits per heavy atom. The first-order chi connectivity index (χ1) is 37.3. The molecule has 8 rings (SSSR count). The number of rotatable bonds is 27. The van der Waals surface area contributed by atoms with Gasteiger partial charge in [0.1, 0.15) is 24.7 Å². The van der Waals surface area contributed by atoms with E-state index in [0.29, 0.717) is 130 Å². The fraction of sp³-hybridized carbons (Fsp3) is 0.414. The maximum absolute atomic E-state index is 13.6. The quantitative estimate of drug-likeness (QED) is 0.0419. The third-order valence-corrected chi connectivity index (χ3v) is 13.2. The molecule has 0 unspecified atom stereocenters. The second-order valence-electron chi connectivity index (χ2n) is 19.1. The van der Waals surface area contributed by atoms with Gasteiger partial charge in [0.15, 0.2) is 11.5 Å². The van der Waals surface area contributed by atoms with Crippen molar-refractivity contribution in [1.29, 1.82) is 0 Å². The Balaban J connectivity index is 0.780. The smallest absolute Gasteiger partial charge is 0.257 e. The molecule has 2 fully saturated rings. The van der Waals surface area contributed by atoms with Crippen molar-refractivity contribution in [1.82, 2.24) is 20.0 Å². The van der Waals surface area contributed by atoms with Gasteiger partial charge in [-0.1, -0.05) is 36.1 Å². The highest BCUT2D eigenvalue weighted by Gasteiger charge is 2.35. The number of carbonyl (C=O) groups excluding carboxylic acids is 6. The number of hydrogen-bond acceptors (Lipinski definition) is 15. The lowest BCUT2D eigenvalue weighted by molar-refractivity contribution is -0.137. The number of nitrogens with one attached hydrogen (secondary N) is 1. The van der Waals surface area contributed by atoms with E-state index < -0.39 is 11.8 Å². The fourth-order valence-corrected chi connectivity index (χ4v) is 9.23. The van der Waals surface area contributed by atoms with Gasteiger partial charge in [-0.25, -0.2) is 0 Å². The van der Waals surface area contributed by atoms with Crippen molar-refractivity contribution in [2.75, 3.05) is 86.1 Å². The van der Waals surface area contributed by atoms with E-state index in [4.69, 9.17) is 33.2 Å². The predicted molar refractivity (Wildman–Crippen MR) is 285 cm³/mol. The van der Waals surface area contributed by atoms with Crippen LogP contribution in [0.4, 0.5) is 11.4 Å². The van der Waals surface area contributed by atoms with Gasteiger partial charge in [-0.05, 0) is 73.2 Å². The zero-order valence-corrected chi connectivity index (χ0v) is 43.6. The van der Waals surface area contributed by atoms with Crippen LogP contribution in [-0.4, -0.2) is 161 Å². The molecule has 0 spiro atoms. The summed E-state index contributed by atoms with van der Waals surface area (Å²) in [6, 6.07) is 12.5. The molecule has 5 amide bonds. The van der Waals surface area contributed by atoms with E-state index >= 15 is 0 Å². The van der Waals surface area contributed by atoms with E-state index in [1.165, 1.54) is 19.3 Å². The minimum Gasteiger partial charge on any atom is -0.493 e. The molecular formula is C58H64N6O13. The van der Waals surface area contributed by atoms with Crippen LogP contribution in [0.15, 0.2) is 88.9 Å². The minimum atomic E-state index is -0.391. The lowest BCUT2D eigenvalue weighted by Crippen LogP contribution is -2.35. The molecule has 5 aliphatic heterocycles. The van der Waals surface area contributed by atoms with Crippen molar-refractivity contribution in [3.8, 4) is 29.1 Å². The van der Waals surface area contributed by atoms with Crippen LogP contribution in [0.1, 0.15) is 81.5 Å². The van der Waals surface area contributed by atoms with Gasteiger partial charge in [0.25, 0.3) is 23.6 Å². The molecular weight excluding hydrogens is 989 g/mol. The molecule has 0 saturated carbocycles. The van der Waals surface area contributed by atoms with E-state index in [9.17, 15) is 28.8 Å². The molecule has 3 aromatic carbocycles. The van der Waals surface area contributed by atoms with Crippen LogP contribution in [0.5, 0.6) is 17.2 Å². The number of imide groups is 1. The fourth-order valence-electron chi connectivity index (χ4n) is 9.23. The van der Waals surface area contributed by atoms with Gasteiger partial charge >= 0.3 is 0 Å². The average Bonchev–Trinajstić information content (AvgIpc) is 4.10. The number of nitrogens with zero attached hydrogens (tertiary/aromatic N) is 5. The standard InChI is InChI=1S/C58H64N6O13/c1-38-23-44-32-60-49-30-51(40(3)25-47(49)57(69)63(44)34-38)76-36-42-26-41(27-43(28-42)37-77-53-31-50-48(29-52(53)71-4)58(70)64-35-39(2)24-45(64)33-61-50)7-5-13-59-54(66)12-16-73-18-20-75-22-21-74-19-17-72-15-6-8-46(65)11-14-62-55(67)9-10-56(62)68/h9-10,25-33,44-45H,1-2,6,8,11-24,34-37H2,3-4H3,(H,59,66)/t44-,45-/m0/s1. The minimum absolute atomic E-state index is 0.0322. The van der Waals surface area contributed by atoms with Crippen LogP contribution in [0, 0.1) is 18.8 Å². The van der Waals surface area contributed by atoms with Crippen molar-refractivity contribution in [2.45, 2.75) is 70.7 Å². The third kappa shape index (κ3) is 15.0. The Morgan fingerprint density at radius 3 is 1.81 bits per heavy atom. The van der Waals surface area contributed by atoms with Gasteiger partial charge in [-0.15, -0.1) is 0 Å². The normalized spacial score (nSPS) is 17.2. The molecule has 0 aromatic heterocycles. The Labute approximate surface area is 447 Å². The Morgan fingerprint density at radius 1 is 0.662 bits per heavy atom. The van der Waals surface area contributed by atoms with Gasteiger partial charge < -0.3 is 48.3 Å². The highest BCUT2D eigenvalue weighted by molar-refractivity contribution is 6.13. The molecule has 19 nitrogen and oxygen atoms in total. The van der Waals surface area contributed by atoms with Crippen LogP contribution in [0.25, 0.3) is 0 Å². The number of aryl methyl sites for hydroxylation is 1. The second-order valence-corrected chi connectivity index (χ2v) is 19.1. The first-order valence-corrected chi connectivity index (χ1v) is 25.7. The number of benzene rings is 3. The Bertz CT molecular complexity index is 2920. The molecule has 5 heterocycles. The number of ketones is 1. The predicted octanol–water partition coefficient (Wildman–Crippen LogP) is 5.72. The molecule has 404 valence electrons. The molecule has 0 bridgehead atoms. The molecule has 2 atom stereocenters. The van der Waals surface area contributed by atoms with Crippen LogP contribution in [-0.2, 0) is 51.3 Å². The summed E-state index contributed by atoms with van der Waals surface area (Å²) in [4.78, 5) is 88.9. The summed E-state index contributed by atoms with van der Waals surface area (Å²) >= 11 is 0. The van der Waals surface area contributed by atoms with Crippen molar-refractivity contribution in [2.24, 2.45) is 9.98 Å². The molecule has 19 heteroatoms. The summed E-state index contributed by atoms with van der Waals surface area (Å²) in [5, 5.41) is 2.82. The van der Waals surface area contributed by atoms with E-state index in [1.807, 2.05) is 37.4 Å². The molecule has 1 N–H and O–H groups in total. The van der Waals surface area contributed by atoms with E-state index in [2.05, 4.69) is 40.3 Å². The maximum atomic E-state index is 13.6. The average molecular weight is 1050 g/mol. The number of fused-ring (bicyclic) bond motifs is 4. The summed E-state index contributed by atoms with van der Waals surface area (Å²) in [5.74, 6) is 6.33. The summed E-state index contributed by atoms with van der Waals surface area (Å²) < 4.78 is 40.6. The van der Waals surface area contributed by atoms with Gasteiger partial charge in [0.2, 0.25) is 5.91 Å². The van der Waals surface area contributed by atoms with Crippen molar-refractivity contribution < 1.29 is 61.9 Å². The van der Waals surface area contributed by atoms with Crippen LogP contribution >= 0.6 is 0 Å². The number of carbonyl (C=O) groups is 6. The zero-order chi connectivity index (χ0) is 54.3. The molecule has 0 radical (unpaired) electrons. The second kappa shape index (κ2) is 26.8. The number of amides is 5. The SMILES string of the molecule is C=C1C[C@H]2C=Nc3cc(OCc4cc(C#CCNC(=O)CCOCCOCCOCCOCCCC(=O)CCN5C(=O)C=CC5=O)cc(COc5cc6c(cc5OC)C(=O)N5CC(=C)C[C@H]5C=N6)c4)c(C)cc3C(=O)N2C1. The van der Waals surface area contributed by atoms with Crippen LogP contribution in [0.3, 0.4) is 0 Å². The van der Waals surface area contributed by atoms with Crippen LogP contribution < -0.4 is 19.5 Å². The van der Waals surface area contributed by atoms with E-state index in [1.54, 1.807) is 34.2 Å².